The molecule has 1 heterocycles. The molecular formula is C8H11N3. The molecule has 1 aliphatic heterocycles. The molecule has 1 aromatic carbocycles. The molecule has 0 unspecified atom stereocenters. The lowest BCUT2D eigenvalue weighted by molar-refractivity contribution is 1.07. The highest BCUT2D eigenvalue weighted by Gasteiger charge is 2.07. The minimum atomic E-state index is 0.606. The topological polar surface area (TPSA) is 50.1 Å². The zero-order valence-electron chi connectivity index (χ0n) is 6.22. The first kappa shape index (κ1) is 6.49. The van der Waals surface area contributed by atoms with Crippen LogP contribution < -0.4 is 16.4 Å². The highest BCUT2D eigenvalue weighted by Crippen LogP contribution is 2.26. The predicted molar refractivity (Wildman–Crippen MR) is 46.4 cm³/mol. The summed E-state index contributed by atoms with van der Waals surface area (Å²) < 4.78 is 0. The van der Waals surface area contributed by atoms with Gasteiger partial charge in [0, 0.05) is 6.54 Å². The van der Waals surface area contributed by atoms with E-state index in [0.717, 1.165) is 12.4 Å². The van der Waals surface area contributed by atoms with E-state index in [1.165, 1.54) is 11.3 Å². The molecule has 3 heteroatoms. The lowest BCUT2D eigenvalue weighted by Crippen LogP contribution is -1.99. The van der Waals surface area contributed by atoms with Crippen LogP contribution in [-0.4, -0.2) is 6.67 Å². The maximum atomic E-state index is 5.50. The Morgan fingerprint density at radius 2 is 2.09 bits per heavy atom. The molecule has 0 atom stereocenters. The first-order valence-corrected chi connectivity index (χ1v) is 3.71. The summed E-state index contributed by atoms with van der Waals surface area (Å²) in [4.78, 5) is 0. The average molecular weight is 149 g/mol. The van der Waals surface area contributed by atoms with Gasteiger partial charge in [0.1, 0.15) is 0 Å². The summed E-state index contributed by atoms with van der Waals surface area (Å²) in [6.07, 6.45) is 0. The van der Waals surface area contributed by atoms with Gasteiger partial charge >= 0.3 is 0 Å². The molecule has 11 heavy (non-hydrogen) atoms. The van der Waals surface area contributed by atoms with Crippen LogP contribution >= 0.6 is 0 Å². The van der Waals surface area contributed by atoms with Gasteiger partial charge in [-0.3, -0.25) is 0 Å². The molecule has 1 aliphatic rings. The van der Waals surface area contributed by atoms with E-state index >= 15 is 0 Å². The number of nitrogens with two attached hydrogens (primary N) is 1. The average Bonchev–Trinajstić information content (AvgIpc) is 2.50. The number of benzene rings is 1. The van der Waals surface area contributed by atoms with E-state index in [4.69, 9.17) is 5.73 Å². The van der Waals surface area contributed by atoms with Crippen molar-refractivity contribution in [3.8, 4) is 0 Å². The summed E-state index contributed by atoms with van der Waals surface area (Å²) in [5.74, 6) is 0. The van der Waals surface area contributed by atoms with Crippen LogP contribution in [-0.2, 0) is 6.54 Å². The van der Waals surface area contributed by atoms with Crippen molar-refractivity contribution in [1.82, 2.24) is 0 Å². The largest absolute Gasteiger partial charge is 0.366 e. The first-order chi connectivity index (χ1) is 5.40. The van der Waals surface area contributed by atoms with Crippen LogP contribution in [0.5, 0.6) is 0 Å². The molecule has 0 aliphatic carbocycles. The number of fused-ring (bicyclic) bond motifs is 1. The third-order valence-corrected chi connectivity index (χ3v) is 1.88. The summed E-state index contributed by atoms with van der Waals surface area (Å²) in [5.41, 5.74) is 8.99. The van der Waals surface area contributed by atoms with E-state index in [1.54, 1.807) is 0 Å². The second kappa shape index (κ2) is 2.43. The van der Waals surface area contributed by atoms with Gasteiger partial charge < -0.3 is 16.4 Å². The molecule has 3 nitrogen and oxygen atoms in total. The number of hydrogen-bond acceptors (Lipinski definition) is 3. The molecule has 58 valence electrons. The summed E-state index contributed by atoms with van der Waals surface area (Å²) in [7, 11) is 0. The Bertz CT molecular complexity index is 270. The van der Waals surface area contributed by atoms with Gasteiger partial charge in [-0.2, -0.15) is 0 Å². The van der Waals surface area contributed by atoms with Gasteiger partial charge in [0.05, 0.1) is 18.0 Å². The van der Waals surface area contributed by atoms with Gasteiger partial charge in [-0.05, 0) is 17.7 Å². The molecule has 0 bridgehead atoms. The summed E-state index contributed by atoms with van der Waals surface area (Å²) in [5, 5.41) is 6.41. The van der Waals surface area contributed by atoms with Crippen molar-refractivity contribution in [2.75, 3.05) is 17.3 Å². The summed E-state index contributed by atoms with van der Waals surface area (Å²) in [6, 6.07) is 6.17. The minimum Gasteiger partial charge on any atom is -0.366 e. The fraction of sp³-hybridized carbons (Fsp3) is 0.250. The SMILES string of the molecule is NCc1ccc2c(c1)NCN2. The normalized spacial score (nSPS) is 13.5. The summed E-state index contributed by atoms with van der Waals surface area (Å²) in [6.45, 7) is 1.43. The highest BCUT2D eigenvalue weighted by molar-refractivity contribution is 5.73. The van der Waals surface area contributed by atoms with Crippen molar-refractivity contribution < 1.29 is 0 Å². The molecule has 0 fully saturated rings. The van der Waals surface area contributed by atoms with Crippen molar-refractivity contribution in [2.45, 2.75) is 6.54 Å². The lowest BCUT2D eigenvalue weighted by atomic mass is 10.2. The number of hydrogen-bond donors (Lipinski definition) is 3. The zero-order valence-corrected chi connectivity index (χ0v) is 6.22. The van der Waals surface area contributed by atoms with Crippen LogP contribution in [0, 0.1) is 0 Å². The quantitative estimate of drug-likeness (QED) is 0.557. The third-order valence-electron chi connectivity index (χ3n) is 1.88. The van der Waals surface area contributed by atoms with Crippen LogP contribution in [0.3, 0.4) is 0 Å². The molecule has 0 amide bonds. The Kier molecular flexibility index (Phi) is 1.43. The van der Waals surface area contributed by atoms with Crippen LogP contribution in [0.2, 0.25) is 0 Å². The van der Waals surface area contributed by atoms with Gasteiger partial charge in [0.15, 0.2) is 0 Å². The van der Waals surface area contributed by atoms with E-state index < -0.39 is 0 Å². The Hall–Kier alpha value is -1.22. The second-order valence-electron chi connectivity index (χ2n) is 2.61. The molecule has 0 radical (unpaired) electrons. The highest BCUT2D eigenvalue weighted by atomic mass is 15.1. The van der Waals surface area contributed by atoms with Gasteiger partial charge in [-0.1, -0.05) is 6.07 Å². The van der Waals surface area contributed by atoms with Crippen molar-refractivity contribution >= 4 is 11.4 Å². The monoisotopic (exact) mass is 149 g/mol. The van der Waals surface area contributed by atoms with Crippen LogP contribution in [0.1, 0.15) is 5.56 Å². The molecular weight excluding hydrogens is 138 g/mol. The summed E-state index contributed by atoms with van der Waals surface area (Å²) >= 11 is 0. The van der Waals surface area contributed by atoms with E-state index in [0.29, 0.717) is 6.54 Å². The Balaban J connectivity index is 2.41. The molecule has 0 aromatic heterocycles. The first-order valence-electron chi connectivity index (χ1n) is 3.71. The van der Waals surface area contributed by atoms with Gasteiger partial charge in [0.2, 0.25) is 0 Å². The lowest BCUT2D eigenvalue weighted by Gasteiger charge is -2.00. The van der Waals surface area contributed by atoms with Crippen molar-refractivity contribution in [3.63, 3.8) is 0 Å². The van der Waals surface area contributed by atoms with Crippen LogP contribution in [0.15, 0.2) is 18.2 Å². The molecule has 1 aromatic rings. The third kappa shape index (κ3) is 1.03. The van der Waals surface area contributed by atoms with E-state index in [9.17, 15) is 0 Å². The van der Waals surface area contributed by atoms with E-state index in [1.807, 2.05) is 6.07 Å². The Labute approximate surface area is 65.6 Å². The van der Waals surface area contributed by atoms with Crippen molar-refractivity contribution in [3.05, 3.63) is 23.8 Å². The fourth-order valence-corrected chi connectivity index (χ4v) is 1.25. The maximum Gasteiger partial charge on any atom is 0.0850 e. The van der Waals surface area contributed by atoms with Crippen molar-refractivity contribution in [2.24, 2.45) is 5.73 Å². The van der Waals surface area contributed by atoms with Crippen LogP contribution in [0.25, 0.3) is 0 Å². The molecule has 2 rings (SSSR count). The molecule has 0 saturated heterocycles. The molecule has 0 spiro atoms. The predicted octanol–water partition coefficient (Wildman–Crippen LogP) is 0.940. The fourth-order valence-electron chi connectivity index (χ4n) is 1.25. The van der Waals surface area contributed by atoms with Crippen LogP contribution in [0.4, 0.5) is 11.4 Å². The zero-order chi connectivity index (χ0) is 7.68. The van der Waals surface area contributed by atoms with Gasteiger partial charge in [-0.15, -0.1) is 0 Å². The number of rotatable bonds is 1. The molecule has 0 saturated carbocycles. The minimum absolute atomic E-state index is 0.606. The van der Waals surface area contributed by atoms with Gasteiger partial charge in [0.25, 0.3) is 0 Å². The smallest absolute Gasteiger partial charge is 0.0850 e. The van der Waals surface area contributed by atoms with Crippen molar-refractivity contribution in [1.29, 1.82) is 0 Å². The Morgan fingerprint density at radius 3 is 2.91 bits per heavy atom. The van der Waals surface area contributed by atoms with E-state index in [2.05, 4.69) is 22.8 Å². The standard InChI is InChI=1S/C8H11N3/c9-4-6-1-2-7-8(3-6)11-5-10-7/h1-3,10-11H,4-5,9H2. The molecule has 4 N–H and O–H groups in total. The number of nitrogens with one attached hydrogen (secondary N) is 2. The van der Waals surface area contributed by atoms with E-state index in [-0.39, 0.29) is 0 Å². The number of anilines is 2. The Morgan fingerprint density at radius 1 is 1.27 bits per heavy atom. The van der Waals surface area contributed by atoms with Gasteiger partial charge in [-0.25, -0.2) is 0 Å². The second-order valence-corrected chi connectivity index (χ2v) is 2.61. The maximum absolute atomic E-state index is 5.50.